The lowest BCUT2D eigenvalue weighted by Gasteiger charge is -2.08. The maximum atomic E-state index is 14.2. The van der Waals surface area contributed by atoms with E-state index >= 15 is 0 Å². The first-order chi connectivity index (χ1) is 12.8. The summed E-state index contributed by atoms with van der Waals surface area (Å²) in [5, 5.41) is 0. The van der Waals surface area contributed by atoms with E-state index in [1.54, 1.807) is 6.07 Å². The van der Waals surface area contributed by atoms with Crippen molar-refractivity contribution >= 4 is 12.2 Å². The fourth-order valence-corrected chi connectivity index (χ4v) is 2.67. The number of ether oxygens (including phenoxy) is 1. The van der Waals surface area contributed by atoms with Crippen molar-refractivity contribution in [1.82, 2.24) is 0 Å². The van der Waals surface area contributed by atoms with Gasteiger partial charge in [0, 0.05) is 0 Å². The van der Waals surface area contributed by atoms with Crippen molar-refractivity contribution < 1.29 is 9.13 Å². The van der Waals surface area contributed by atoms with Crippen LogP contribution >= 0.6 is 0 Å². The van der Waals surface area contributed by atoms with E-state index in [-0.39, 0.29) is 5.82 Å². The van der Waals surface area contributed by atoms with Gasteiger partial charge in [-0.15, -0.1) is 0 Å². The molecule has 3 aromatic carbocycles. The van der Waals surface area contributed by atoms with Gasteiger partial charge in [0.15, 0.2) is 11.6 Å². The Morgan fingerprint density at radius 2 is 1.46 bits per heavy atom. The zero-order valence-electron chi connectivity index (χ0n) is 15.0. The molecule has 0 aromatic heterocycles. The Morgan fingerprint density at radius 1 is 0.808 bits per heavy atom. The molecule has 0 saturated carbocycles. The highest BCUT2D eigenvalue weighted by atomic mass is 19.1. The molecular weight excluding hydrogens is 323 g/mol. The monoisotopic (exact) mass is 346 g/mol. The molecule has 0 heterocycles. The van der Waals surface area contributed by atoms with Crippen LogP contribution in [-0.2, 0) is 0 Å². The first-order valence-electron chi connectivity index (χ1n) is 9.02. The molecule has 132 valence electrons. The normalized spacial score (nSPS) is 11.0. The molecule has 0 saturated heterocycles. The van der Waals surface area contributed by atoms with Crippen LogP contribution in [0.4, 0.5) is 4.39 Å². The molecule has 0 aliphatic carbocycles. The summed E-state index contributed by atoms with van der Waals surface area (Å²) in [6, 6.07) is 23.4. The van der Waals surface area contributed by atoms with Crippen molar-refractivity contribution in [3.8, 4) is 16.9 Å². The summed E-state index contributed by atoms with van der Waals surface area (Å²) in [5.41, 5.74) is 4.11. The van der Waals surface area contributed by atoms with E-state index in [4.69, 9.17) is 4.74 Å². The Hall–Kier alpha value is -2.87. The smallest absolute Gasteiger partial charge is 0.165 e. The SMILES string of the molecule is CCCCOc1ccc(-c2ccc(C=Cc3ccccc3)cc2)cc1F. The minimum atomic E-state index is -0.313. The molecule has 0 bridgehead atoms. The summed E-state index contributed by atoms with van der Waals surface area (Å²) in [4.78, 5) is 0. The van der Waals surface area contributed by atoms with Crippen LogP contribution in [0.5, 0.6) is 5.75 Å². The van der Waals surface area contributed by atoms with Gasteiger partial charge < -0.3 is 4.74 Å². The Kier molecular flexibility index (Phi) is 6.21. The van der Waals surface area contributed by atoms with Gasteiger partial charge in [-0.2, -0.15) is 0 Å². The van der Waals surface area contributed by atoms with Crippen molar-refractivity contribution in [2.75, 3.05) is 6.61 Å². The van der Waals surface area contributed by atoms with Gasteiger partial charge in [-0.3, -0.25) is 0 Å². The van der Waals surface area contributed by atoms with Crippen LogP contribution in [0.2, 0.25) is 0 Å². The van der Waals surface area contributed by atoms with Crippen molar-refractivity contribution in [1.29, 1.82) is 0 Å². The van der Waals surface area contributed by atoms with Gasteiger partial charge in [0.25, 0.3) is 0 Å². The van der Waals surface area contributed by atoms with Crippen molar-refractivity contribution in [3.05, 3.63) is 89.7 Å². The Balaban J connectivity index is 1.70. The molecule has 3 rings (SSSR count). The molecule has 0 unspecified atom stereocenters. The molecule has 3 aromatic rings. The fourth-order valence-electron chi connectivity index (χ4n) is 2.67. The van der Waals surface area contributed by atoms with Gasteiger partial charge in [0.1, 0.15) is 0 Å². The molecule has 0 aliphatic rings. The zero-order chi connectivity index (χ0) is 18.2. The predicted octanol–water partition coefficient (Wildman–Crippen LogP) is 6.84. The number of hydrogen-bond acceptors (Lipinski definition) is 1. The third-order valence-electron chi connectivity index (χ3n) is 4.20. The Labute approximate surface area is 154 Å². The van der Waals surface area contributed by atoms with E-state index in [1.165, 1.54) is 6.07 Å². The quantitative estimate of drug-likeness (QED) is 0.336. The van der Waals surface area contributed by atoms with E-state index in [0.29, 0.717) is 12.4 Å². The summed E-state index contributed by atoms with van der Waals surface area (Å²) in [6.45, 7) is 2.64. The molecule has 0 N–H and O–H groups in total. The minimum Gasteiger partial charge on any atom is -0.491 e. The summed E-state index contributed by atoms with van der Waals surface area (Å²) >= 11 is 0. The number of halogens is 1. The topological polar surface area (TPSA) is 9.23 Å². The average Bonchev–Trinajstić information content (AvgIpc) is 2.69. The maximum absolute atomic E-state index is 14.2. The highest BCUT2D eigenvalue weighted by Crippen LogP contribution is 2.26. The standard InChI is InChI=1S/C24H23FO/c1-2-3-17-26-24-16-15-22(18-23(24)25)21-13-11-20(12-14-21)10-9-19-7-5-4-6-8-19/h4-16,18H,2-3,17H2,1H3. The lowest BCUT2D eigenvalue weighted by atomic mass is 10.0. The van der Waals surface area contributed by atoms with Crippen LogP contribution in [0, 0.1) is 5.82 Å². The number of hydrogen-bond donors (Lipinski definition) is 0. The largest absolute Gasteiger partial charge is 0.491 e. The average molecular weight is 346 g/mol. The molecule has 2 heteroatoms. The number of unbranched alkanes of at least 4 members (excludes halogenated alkanes) is 1. The van der Waals surface area contributed by atoms with Crippen LogP contribution in [-0.4, -0.2) is 6.61 Å². The van der Waals surface area contributed by atoms with Crippen molar-refractivity contribution in [3.63, 3.8) is 0 Å². The van der Waals surface area contributed by atoms with Crippen molar-refractivity contribution in [2.45, 2.75) is 19.8 Å². The summed E-state index contributed by atoms with van der Waals surface area (Å²) in [5.74, 6) is 0.0104. The lowest BCUT2D eigenvalue weighted by molar-refractivity contribution is 0.294. The van der Waals surface area contributed by atoms with Gasteiger partial charge in [-0.25, -0.2) is 4.39 Å². The summed E-state index contributed by atoms with van der Waals surface area (Å²) < 4.78 is 19.7. The first kappa shape index (κ1) is 17.9. The zero-order valence-corrected chi connectivity index (χ0v) is 15.0. The molecule has 26 heavy (non-hydrogen) atoms. The minimum absolute atomic E-state index is 0.313. The van der Waals surface area contributed by atoms with Crippen LogP contribution in [0.25, 0.3) is 23.3 Å². The van der Waals surface area contributed by atoms with Gasteiger partial charge >= 0.3 is 0 Å². The third-order valence-corrected chi connectivity index (χ3v) is 4.20. The molecule has 0 fully saturated rings. The number of rotatable bonds is 7. The third kappa shape index (κ3) is 4.82. The predicted molar refractivity (Wildman–Crippen MR) is 108 cm³/mol. The molecule has 0 amide bonds. The molecular formula is C24H23FO. The summed E-state index contributed by atoms with van der Waals surface area (Å²) in [6.07, 6.45) is 6.12. The van der Waals surface area contributed by atoms with E-state index in [9.17, 15) is 4.39 Å². The van der Waals surface area contributed by atoms with E-state index < -0.39 is 0 Å². The van der Waals surface area contributed by atoms with Crippen molar-refractivity contribution in [2.24, 2.45) is 0 Å². The number of benzene rings is 3. The Bertz CT molecular complexity index is 851. The molecule has 0 radical (unpaired) electrons. The first-order valence-corrected chi connectivity index (χ1v) is 9.02. The van der Waals surface area contributed by atoms with Crippen LogP contribution in [0.15, 0.2) is 72.8 Å². The van der Waals surface area contributed by atoms with Gasteiger partial charge in [-0.1, -0.05) is 86.2 Å². The van der Waals surface area contributed by atoms with Crippen LogP contribution in [0.3, 0.4) is 0 Å². The molecule has 0 atom stereocenters. The fraction of sp³-hybridized carbons (Fsp3) is 0.167. The van der Waals surface area contributed by atoms with Crippen LogP contribution in [0.1, 0.15) is 30.9 Å². The molecule has 0 aliphatic heterocycles. The van der Waals surface area contributed by atoms with E-state index in [0.717, 1.165) is 35.1 Å². The molecule has 1 nitrogen and oxygen atoms in total. The van der Waals surface area contributed by atoms with Crippen LogP contribution < -0.4 is 4.74 Å². The maximum Gasteiger partial charge on any atom is 0.165 e. The second kappa shape index (κ2) is 9.00. The highest BCUT2D eigenvalue weighted by molar-refractivity contribution is 5.72. The van der Waals surface area contributed by atoms with Gasteiger partial charge in [-0.05, 0) is 40.8 Å². The summed E-state index contributed by atoms with van der Waals surface area (Å²) in [7, 11) is 0. The second-order valence-corrected chi connectivity index (χ2v) is 6.21. The van der Waals surface area contributed by atoms with E-state index in [1.807, 2.05) is 48.5 Å². The lowest BCUT2D eigenvalue weighted by Crippen LogP contribution is -1.98. The molecule has 0 spiro atoms. The van der Waals surface area contributed by atoms with Gasteiger partial charge in [0.05, 0.1) is 6.61 Å². The van der Waals surface area contributed by atoms with E-state index in [2.05, 4.69) is 31.2 Å². The highest BCUT2D eigenvalue weighted by Gasteiger charge is 2.06. The van der Waals surface area contributed by atoms with Gasteiger partial charge in [0.2, 0.25) is 0 Å². The second-order valence-electron chi connectivity index (χ2n) is 6.21. The Morgan fingerprint density at radius 3 is 2.12 bits per heavy atom.